The Morgan fingerprint density at radius 3 is 2.47 bits per heavy atom. The van der Waals surface area contributed by atoms with Crippen molar-refractivity contribution in [1.82, 2.24) is 20.0 Å². The molecule has 2 aromatic carbocycles. The fourth-order valence-corrected chi connectivity index (χ4v) is 5.50. The van der Waals surface area contributed by atoms with Gasteiger partial charge in [0.15, 0.2) is 0 Å². The lowest BCUT2D eigenvalue weighted by atomic mass is 10.0. The maximum Gasteiger partial charge on any atom is 0.255 e. The van der Waals surface area contributed by atoms with Crippen LogP contribution in [0.15, 0.2) is 48.5 Å². The van der Waals surface area contributed by atoms with E-state index in [1.807, 2.05) is 12.1 Å². The molecular weight excluding hydrogens is 428 g/mol. The van der Waals surface area contributed by atoms with Crippen molar-refractivity contribution >= 4 is 17.7 Å². The van der Waals surface area contributed by atoms with Crippen LogP contribution in [0.2, 0.25) is 0 Å². The average Bonchev–Trinajstić information content (AvgIpc) is 3.15. The van der Waals surface area contributed by atoms with E-state index in [1.54, 1.807) is 4.90 Å². The van der Waals surface area contributed by atoms with Crippen molar-refractivity contribution in [2.24, 2.45) is 0 Å². The summed E-state index contributed by atoms with van der Waals surface area (Å²) in [6.45, 7) is 4.48. The third-order valence-electron chi connectivity index (χ3n) is 7.45. The van der Waals surface area contributed by atoms with Crippen LogP contribution in [0.25, 0.3) is 0 Å². The molecule has 7 heteroatoms. The SMILES string of the molecule is CN(Cc1ccc2c(c1)CN(C1CCC(=O)NC1=O)C2=O)C1CCN(Cc2ccccc2)CC1. The van der Waals surface area contributed by atoms with Crippen molar-refractivity contribution in [1.29, 1.82) is 0 Å². The molecule has 1 atom stereocenters. The molecular formula is C27H32N4O3. The summed E-state index contributed by atoms with van der Waals surface area (Å²) in [7, 11) is 2.19. The zero-order valence-corrected chi connectivity index (χ0v) is 19.7. The Balaban J connectivity index is 1.17. The third-order valence-corrected chi connectivity index (χ3v) is 7.45. The van der Waals surface area contributed by atoms with E-state index in [-0.39, 0.29) is 24.1 Å². The fourth-order valence-electron chi connectivity index (χ4n) is 5.50. The topological polar surface area (TPSA) is 73.0 Å². The summed E-state index contributed by atoms with van der Waals surface area (Å²) in [5, 5.41) is 2.36. The molecule has 3 aliphatic rings. The number of hydrogen-bond donors (Lipinski definition) is 1. The van der Waals surface area contributed by atoms with Crippen molar-refractivity contribution in [3.63, 3.8) is 0 Å². The van der Waals surface area contributed by atoms with E-state index in [4.69, 9.17) is 0 Å². The molecule has 3 amide bonds. The predicted octanol–water partition coefficient (Wildman–Crippen LogP) is 2.54. The molecule has 0 aromatic heterocycles. The Morgan fingerprint density at radius 1 is 0.971 bits per heavy atom. The van der Waals surface area contributed by atoms with Crippen LogP contribution in [0.4, 0.5) is 0 Å². The summed E-state index contributed by atoms with van der Waals surface area (Å²) in [5.41, 5.74) is 4.20. The quantitative estimate of drug-likeness (QED) is 0.671. The molecule has 0 radical (unpaired) electrons. The molecule has 2 fully saturated rings. The number of carbonyl (C=O) groups excluding carboxylic acids is 3. The molecule has 178 valence electrons. The Morgan fingerprint density at radius 2 is 1.74 bits per heavy atom. The second-order valence-corrected chi connectivity index (χ2v) is 9.80. The Bertz CT molecular complexity index is 1080. The highest BCUT2D eigenvalue weighted by Gasteiger charge is 2.39. The molecule has 1 N–H and O–H groups in total. The lowest BCUT2D eigenvalue weighted by Gasteiger charge is -2.37. The molecule has 1 unspecified atom stereocenters. The van der Waals surface area contributed by atoms with Crippen LogP contribution in [0.1, 0.15) is 52.7 Å². The number of nitrogens with one attached hydrogen (secondary N) is 1. The van der Waals surface area contributed by atoms with Gasteiger partial charge in [-0.25, -0.2) is 0 Å². The first-order valence-corrected chi connectivity index (χ1v) is 12.2. The minimum Gasteiger partial charge on any atom is -0.322 e. The highest BCUT2D eigenvalue weighted by atomic mass is 16.2. The lowest BCUT2D eigenvalue weighted by molar-refractivity contribution is -0.136. The van der Waals surface area contributed by atoms with Gasteiger partial charge in [0.25, 0.3) is 5.91 Å². The molecule has 2 aromatic rings. The van der Waals surface area contributed by atoms with Crippen LogP contribution in [0.3, 0.4) is 0 Å². The number of likely N-dealkylation sites (tertiary alicyclic amines) is 1. The molecule has 0 saturated carbocycles. The number of carbonyl (C=O) groups is 3. The summed E-state index contributed by atoms with van der Waals surface area (Å²) in [6, 6.07) is 16.7. The fraction of sp³-hybridized carbons (Fsp3) is 0.444. The monoisotopic (exact) mass is 460 g/mol. The van der Waals surface area contributed by atoms with Gasteiger partial charge in [0.05, 0.1) is 0 Å². The van der Waals surface area contributed by atoms with Gasteiger partial charge in [-0.1, -0.05) is 42.5 Å². The maximum absolute atomic E-state index is 12.9. The van der Waals surface area contributed by atoms with Gasteiger partial charge in [-0.2, -0.15) is 0 Å². The minimum atomic E-state index is -0.565. The van der Waals surface area contributed by atoms with Gasteiger partial charge in [0.1, 0.15) is 6.04 Å². The number of fused-ring (bicyclic) bond motifs is 1. The van der Waals surface area contributed by atoms with Crippen molar-refractivity contribution in [2.45, 2.75) is 57.4 Å². The highest BCUT2D eigenvalue weighted by molar-refractivity contribution is 6.05. The number of imide groups is 1. The van der Waals surface area contributed by atoms with Crippen LogP contribution in [-0.2, 0) is 29.2 Å². The second-order valence-electron chi connectivity index (χ2n) is 9.80. The molecule has 34 heavy (non-hydrogen) atoms. The predicted molar refractivity (Wildman–Crippen MR) is 129 cm³/mol. The summed E-state index contributed by atoms with van der Waals surface area (Å²) in [5.74, 6) is -0.743. The van der Waals surface area contributed by atoms with E-state index >= 15 is 0 Å². The number of piperidine rings is 2. The van der Waals surface area contributed by atoms with Gasteiger partial charge in [0.2, 0.25) is 11.8 Å². The van der Waals surface area contributed by atoms with Gasteiger partial charge in [0, 0.05) is 37.7 Å². The Kier molecular flexibility index (Phi) is 6.48. The average molecular weight is 461 g/mol. The molecule has 0 spiro atoms. The third kappa shape index (κ3) is 4.76. The minimum absolute atomic E-state index is 0.116. The number of amides is 3. The molecule has 3 aliphatic heterocycles. The van der Waals surface area contributed by atoms with Crippen LogP contribution >= 0.6 is 0 Å². The largest absolute Gasteiger partial charge is 0.322 e. The van der Waals surface area contributed by atoms with Crippen molar-refractivity contribution in [3.05, 3.63) is 70.8 Å². The zero-order chi connectivity index (χ0) is 23.7. The molecule has 5 rings (SSSR count). The summed E-state index contributed by atoms with van der Waals surface area (Å²) < 4.78 is 0. The number of rotatable bonds is 6. The van der Waals surface area contributed by atoms with Crippen LogP contribution < -0.4 is 5.32 Å². The van der Waals surface area contributed by atoms with E-state index in [1.165, 1.54) is 11.1 Å². The van der Waals surface area contributed by atoms with Gasteiger partial charge in [-0.05, 0) is 62.2 Å². The molecule has 3 heterocycles. The van der Waals surface area contributed by atoms with Crippen LogP contribution in [-0.4, -0.2) is 64.6 Å². The molecule has 0 aliphatic carbocycles. The van der Waals surface area contributed by atoms with Crippen LogP contribution in [0, 0.1) is 0 Å². The normalized spacial score (nSPS) is 21.8. The van der Waals surface area contributed by atoms with E-state index in [2.05, 4.69) is 58.6 Å². The first-order chi connectivity index (χ1) is 16.5. The van der Waals surface area contributed by atoms with Gasteiger partial charge in [-0.3, -0.25) is 29.5 Å². The molecule has 2 saturated heterocycles. The Hall–Kier alpha value is -3.03. The summed E-state index contributed by atoms with van der Waals surface area (Å²) >= 11 is 0. The number of hydrogen-bond acceptors (Lipinski definition) is 5. The standard InChI is InChI=1S/C27H32N4O3/c1-29(22-11-13-30(14-12-22)17-19-5-3-2-4-6-19)16-20-7-8-23-21(15-20)18-31(27(23)34)24-9-10-25(32)28-26(24)33/h2-8,15,22,24H,9-14,16-18H2,1H3,(H,28,32,33). The van der Waals surface area contributed by atoms with Crippen molar-refractivity contribution in [3.8, 4) is 0 Å². The van der Waals surface area contributed by atoms with E-state index in [0.717, 1.165) is 44.6 Å². The molecule has 7 nitrogen and oxygen atoms in total. The van der Waals surface area contributed by atoms with Crippen LogP contribution in [0.5, 0.6) is 0 Å². The van der Waals surface area contributed by atoms with Gasteiger partial charge < -0.3 is 4.90 Å². The van der Waals surface area contributed by atoms with E-state index < -0.39 is 6.04 Å². The highest BCUT2D eigenvalue weighted by Crippen LogP contribution is 2.29. The first-order valence-electron chi connectivity index (χ1n) is 12.2. The smallest absolute Gasteiger partial charge is 0.255 e. The van der Waals surface area contributed by atoms with Crippen molar-refractivity contribution in [2.75, 3.05) is 20.1 Å². The maximum atomic E-state index is 12.9. The van der Waals surface area contributed by atoms with E-state index in [9.17, 15) is 14.4 Å². The second kappa shape index (κ2) is 9.68. The number of nitrogens with zero attached hydrogens (tertiary/aromatic N) is 3. The first kappa shape index (κ1) is 22.7. The van der Waals surface area contributed by atoms with Gasteiger partial charge >= 0.3 is 0 Å². The summed E-state index contributed by atoms with van der Waals surface area (Å²) in [6.07, 6.45) is 2.96. The van der Waals surface area contributed by atoms with Gasteiger partial charge in [-0.15, -0.1) is 0 Å². The Labute approximate surface area is 200 Å². The zero-order valence-electron chi connectivity index (χ0n) is 19.7. The number of benzene rings is 2. The van der Waals surface area contributed by atoms with Crippen molar-refractivity contribution < 1.29 is 14.4 Å². The van der Waals surface area contributed by atoms with E-state index in [0.29, 0.717) is 24.6 Å². The lowest BCUT2D eigenvalue weighted by Crippen LogP contribution is -2.52. The summed E-state index contributed by atoms with van der Waals surface area (Å²) in [4.78, 5) is 43.2. The molecule has 0 bridgehead atoms.